The van der Waals surface area contributed by atoms with Crippen molar-refractivity contribution < 1.29 is 19.4 Å². The molecule has 0 aliphatic carbocycles. The van der Waals surface area contributed by atoms with Crippen LogP contribution in [0.1, 0.15) is 24.2 Å². The average molecular weight is 367 g/mol. The second-order valence-corrected chi connectivity index (χ2v) is 5.79. The first-order valence-electron chi connectivity index (χ1n) is 8.22. The molecule has 0 bridgehead atoms. The summed E-state index contributed by atoms with van der Waals surface area (Å²) in [5, 5.41) is 12.1. The number of hydrogen-bond donors (Lipinski definition) is 2. The number of carbonyl (C=O) groups excluding carboxylic acids is 1. The zero-order valence-electron chi connectivity index (χ0n) is 14.7. The van der Waals surface area contributed by atoms with Crippen LogP contribution in [0, 0.1) is 0 Å². The first-order valence-corrected chi connectivity index (χ1v) is 8.22. The number of nitrogens with one attached hydrogen (secondary N) is 1. The van der Waals surface area contributed by atoms with Crippen LogP contribution >= 0.6 is 0 Å². The van der Waals surface area contributed by atoms with E-state index in [-0.39, 0.29) is 22.7 Å². The minimum atomic E-state index is -1.27. The molecule has 27 heavy (non-hydrogen) atoms. The number of fused-ring (bicyclic) bond motifs is 1. The first kappa shape index (κ1) is 18.1. The van der Waals surface area contributed by atoms with E-state index in [1.807, 2.05) is 6.92 Å². The summed E-state index contributed by atoms with van der Waals surface area (Å²) in [4.78, 5) is 39.0. The monoisotopic (exact) mass is 367 g/mol. The van der Waals surface area contributed by atoms with Crippen LogP contribution in [0.5, 0.6) is 11.6 Å². The number of ether oxygens (including phenoxy) is 1. The summed E-state index contributed by atoms with van der Waals surface area (Å²) in [6, 6.07) is 9.76. The van der Waals surface area contributed by atoms with Gasteiger partial charge in [0.25, 0.3) is 0 Å². The molecule has 0 radical (unpaired) electrons. The van der Waals surface area contributed by atoms with Gasteiger partial charge < -0.3 is 19.7 Å². The van der Waals surface area contributed by atoms with Crippen LogP contribution in [0.3, 0.4) is 0 Å². The van der Waals surface area contributed by atoms with Crippen LogP contribution in [-0.4, -0.2) is 26.5 Å². The molecule has 0 aliphatic rings. The molecule has 1 aromatic carbocycles. The normalized spacial score (nSPS) is 10.6. The van der Waals surface area contributed by atoms with Gasteiger partial charge in [0.2, 0.25) is 17.2 Å². The van der Waals surface area contributed by atoms with Crippen LogP contribution in [0.25, 0.3) is 11.0 Å². The number of aryl methyl sites for hydroxylation is 1. The van der Waals surface area contributed by atoms with Crippen molar-refractivity contribution in [1.29, 1.82) is 0 Å². The fourth-order valence-corrected chi connectivity index (χ4v) is 2.63. The number of carbonyl (C=O) groups is 2. The SMILES string of the molecule is CCn1cc(C(=O)O)c(=O)c2ccc(Oc3ccc(NC(C)=O)cc3)nc21. The van der Waals surface area contributed by atoms with Crippen molar-refractivity contribution in [2.75, 3.05) is 5.32 Å². The van der Waals surface area contributed by atoms with Crippen LogP contribution < -0.4 is 15.5 Å². The van der Waals surface area contributed by atoms with Crippen molar-refractivity contribution in [3.63, 3.8) is 0 Å². The van der Waals surface area contributed by atoms with E-state index in [1.165, 1.54) is 25.3 Å². The standard InChI is InChI=1S/C19H17N3O5/c1-3-22-10-15(19(25)26)17(24)14-8-9-16(21-18(14)22)27-13-6-4-12(5-7-13)20-11(2)23/h4-10H,3H2,1-2H3,(H,20,23)(H,25,26). The van der Waals surface area contributed by atoms with Crippen molar-refractivity contribution in [1.82, 2.24) is 9.55 Å². The molecule has 0 fully saturated rings. The Labute approximate surface area is 154 Å². The molecule has 2 heterocycles. The number of nitrogens with zero attached hydrogens (tertiary/aromatic N) is 2. The van der Waals surface area contributed by atoms with Crippen molar-refractivity contribution in [3.05, 3.63) is 58.4 Å². The van der Waals surface area contributed by atoms with E-state index < -0.39 is 11.4 Å². The Morgan fingerprint density at radius 2 is 1.89 bits per heavy atom. The molecular weight excluding hydrogens is 350 g/mol. The highest BCUT2D eigenvalue weighted by Crippen LogP contribution is 2.23. The van der Waals surface area contributed by atoms with Crippen molar-refractivity contribution >= 4 is 28.6 Å². The Bertz CT molecular complexity index is 1090. The Hall–Kier alpha value is -3.68. The molecule has 0 unspecified atom stereocenters. The molecule has 0 saturated carbocycles. The molecule has 2 N–H and O–H groups in total. The van der Waals surface area contributed by atoms with Gasteiger partial charge in [0, 0.05) is 31.4 Å². The smallest absolute Gasteiger partial charge is 0.341 e. The summed E-state index contributed by atoms with van der Waals surface area (Å²) in [5.41, 5.74) is 0.108. The molecule has 0 spiro atoms. The van der Waals surface area contributed by atoms with E-state index in [4.69, 9.17) is 4.74 Å². The van der Waals surface area contributed by atoms with Gasteiger partial charge in [0.05, 0.1) is 5.39 Å². The fourth-order valence-electron chi connectivity index (χ4n) is 2.63. The number of rotatable bonds is 5. The van der Waals surface area contributed by atoms with E-state index in [0.29, 0.717) is 23.6 Å². The van der Waals surface area contributed by atoms with Gasteiger partial charge in [-0.3, -0.25) is 9.59 Å². The van der Waals surface area contributed by atoms with Crippen LogP contribution in [0.2, 0.25) is 0 Å². The number of hydrogen-bond acceptors (Lipinski definition) is 5. The maximum atomic E-state index is 12.3. The summed E-state index contributed by atoms with van der Waals surface area (Å²) in [6.07, 6.45) is 1.28. The Morgan fingerprint density at radius 3 is 2.48 bits per heavy atom. The van der Waals surface area contributed by atoms with Gasteiger partial charge in [-0.15, -0.1) is 0 Å². The number of carboxylic acid groups (broad SMARTS) is 1. The quantitative estimate of drug-likeness (QED) is 0.717. The minimum absolute atomic E-state index is 0.168. The van der Waals surface area contributed by atoms with E-state index in [9.17, 15) is 19.5 Å². The summed E-state index contributed by atoms with van der Waals surface area (Å²) < 4.78 is 7.30. The van der Waals surface area contributed by atoms with E-state index in [0.717, 1.165) is 0 Å². The third kappa shape index (κ3) is 3.79. The number of amides is 1. The Kier molecular flexibility index (Phi) is 4.89. The summed E-state index contributed by atoms with van der Waals surface area (Å²) in [7, 11) is 0. The van der Waals surface area contributed by atoms with Gasteiger partial charge in [0.1, 0.15) is 17.0 Å². The number of aromatic carboxylic acids is 1. The molecule has 8 heteroatoms. The van der Waals surface area contributed by atoms with Crippen molar-refractivity contribution in [2.45, 2.75) is 20.4 Å². The molecule has 3 rings (SSSR count). The molecule has 3 aromatic rings. The first-order chi connectivity index (χ1) is 12.9. The second kappa shape index (κ2) is 7.28. The van der Waals surface area contributed by atoms with E-state index >= 15 is 0 Å². The van der Waals surface area contributed by atoms with E-state index in [2.05, 4.69) is 10.3 Å². The Balaban J connectivity index is 1.97. The fraction of sp³-hybridized carbons (Fsp3) is 0.158. The molecule has 0 aliphatic heterocycles. The largest absolute Gasteiger partial charge is 0.477 e. The van der Waals surface area contributed by atoms with Gasteiger partial charge in [-0.1, -0.05) is 0 Å². The molecule has 0 saturated heterocycles. The van der Waals surface area contributed by atoms with Crippen molar-refractivity contribution in [2.24, 2.45) is 0 Å². The molecule has 0 atom stereocenters. The third-order valence-corrected chi connectivity index (χ3v) is 3.86. The van der Waals surface area contributed by atoms with Crippen molar-refractivity contribution in [3.8, 4) is 11.6 Å². The van der Waals surface area contributed by atoms with E-state index in [1.54, 1.807) is 28.8 Å². The lowest BCUT2D eigenvalue weighted by Gasteiger charge is -2.11. The topological polar surface area (TPSA) is 111 Å². The molecule has 1 amide bonds. The second-order valence-electron chi connectivity index (χ2n) is 5.79. The summed E-state index contributed by atoms with van der Waals surface area (Å²) in [6.45, 7) is 3.69. The lowest BCUT2D eigenvalue weighted by atomic mass is 10.2. The maximum absolute atomic E-state index is 12.3. The van der Waals surface area contributed by atoms with Gasteiger partial charge in [-0.2, -0.15) is 4.98 Å². The number of benzene rings is 1. The summed E-state index contributed by atoms with van der Waals surface area (Å²) in [5.74, 6) is -0.676. The molecule has 8 nitrogen and oxygen atoms in total. The zero-order chi connectivity index (χ0) is 19.6. The van der Waals surface area contributed by atoms with Gasteiger partial charge in [0.15, 0.2) is 0 Å². The van der Waals surface area contributed by atoms with Gasteiger partial charge >= 0.3 is 5.97 Å². The maximum Gasteiger partial charge on any atom is 0.341 e. The van der Waals surface area contributed by atoms with Crippen LogP contribution in [0.15, 0.2) is 47.4 Å². The van der Waals surface area contributed by atoms with Gasteiger partial charge in [-0.05, 0) is 37.3 Å². The van der Waals surface area contributed by atoms with Crippen LogP contribution in [0.4, 0.5) is 5.69 Å². The molecule has 138 valence electrons. The highest BCUT2D eigenvalue weighted by atomic mass is 16.5. The predicted octanol–water partition coefficient (Wildman–Crippen LogP) is 2.87. The summed E-state index contributed by atoms with van der Waals surface area (Å²) >= 11 is 0. The molecule has 2 aromatic heterocycles. The highest BCUT2D eigenvalue weighted by molar-refractivity contribution is 5.91. The molecular formula is C19H17N3O5. The average Bonchev–Trinajstić information content (AvgIpc) is 2.63. The number of aromatic nitrogens is 2. The zero-order valence-corrected chi connectivity index (χ0v) is 14.7. The number of carboxylic acids is 1. The lowest BCUT2D eigenvalue weighted by Crippen LogP contribution is -2.19. The predicted molar refractivity (Wildman–Crippen MR) is 99.5 cm³/mol. The number of anilines is 1. The Morgan fingerprint density at radius 1 is 1.19 bits per heavy atom. The number of pyridine rings is 2. The van der Waals surface area contributed by atoms with Gasteiger partial charge in [-0.25, -0.2) is 4.79 Å². The van der Waals surface area contributed by atoms with Crippen LogP contribution in [-0.2, 0) is 11.3 Å². The third-order valence-electron chi connectivity index (χ3n) is 3.86. The lowest BCUT2D eigenvalue weighted by molar-refractivity contribution is -0.114. The minimum Gasteiger partial charge on any atom is -0.477 e. The highest BCUT2D eigenvalue weighted by Gasteiger charge is 2.15.